The average molecular weight is 219 g/mol. The molecule has 1 aliphatic carbocycles. The average Bonchev–Trinajstić information content (AvgIpc) is 2.30. The van der Waals surface area contributed by atoms with Crippen molar-refractivity contribution in [3.63, 3.8) is 0 Å². The number of fused-ring (bicyclic) bond motifs is 2. The molecular formula is C12H11ClN2. The maximum atomic E-state index is 6.36. The van der Waals surface area contributed by atoms with Crippen molar-refractivity contribution < 1.29 is 0 Å². The number of aryl methyl sites for hydroxylation is 1. The van der Waals surface area contributed by atoms with Crippen LogP contribution in [0, 0.1) is 0 Å². The van der Waals surface area contributed by atoms with E-state index in [1.165, 1.54) is 24.1 Å². The van der Waals surface area contributed by atoms with Gasteiger partial charge in [0.25, 0.3) is 0 Å². The lowest BCUT2D eigenvalue weighted by molar-refractivity contribution is 0.671. The van der Waals surface area contributed by atoms with Gasteiger partial charge in [-0.1, -0.05) is 11.6 Å². The highest BCUT2D eigenvalue weighted by atomic mass is 35.5. The van der Waals surface area contributed by atoms with E-state index in [0.29, 0.717) is 0 Å². The molecule has 2 aromatic heterocycles. The number of pyridine rings is 2. The minimum absolute atomic E-state index is 0.815. The monoisotopic (exact) mass is 218 g/mol. The first kappa shape index (κ1) is 9.10. The predicted molar refractivity (Wildman–Crippen MR) is 61.2 cm³/mol. The van der Waals surface area contributed by atoms with E-state index in [2.05, 4.69) is 9.97 Å². The van der Waals surface area contributed by atoms with Crippen LogP contribution in [0.25, 0.3) is 11.0 Å². The van der Waals surface area contributed by atoms with Crippen LogP contribution in [-0.2, 0) is 12.8 Å². The maximum absolute atomic E-state index is 6.36. The zero-order valence-electron chi connectivity index (χ0n) is 8.33. The standard InChI is InChI=1S/C12H11ClN2/c13-11-8-4-1-2-5-9(8)15-10-6-3-7-14-12(10)11/h3,6-7H,1-2,4-5H2. The highest BCUT2D eigenvalue weighted by molar-refractivity contribution is 6.35. The van der Waals surface area contributed by atoms with Gasteiger partial charge in [-0.15, -0.1) is 0 Å². The van der Waals surface area contributed by atoms with E-state index in [-0.39, 0.29) is 0 Å². The Morgan fingerprint density at radius 1 is 1.20 bits per heavy atom. The minimum Gasteiger partial charge on any atom is -0.253 e. The highest BCUT2D eigenvalue weighted by Gasteiger charge is 2.16. The second-order valence-electron chi connectivity index (χ2n) is 3.93. The van der Waals surface area contributed by atoms with Gasteiger partial charge in [-0.3, -0.25) is 9.97 Å². The Bertz CT molecular complexity index is 522. The van der Waals surface area contributed by atoms with Crippen LogP contribution in [0.5, 0.6) is 0 Å². The summed E-state index contributed by atoms with van der Waals surface area (Å²) in [4.78, 5) is 8.92. The molecule has 3 rings (SSSR count). The van der Waals surface area contributed by atoms with Crippen molar-refractivity contribution in [1.82, 2.24) is 9.97 Å². The van der Waals surface area contributed by atoms with Crippen molar-refractivity contribution in [2.24, 2.45) is 0 Å². The molecule has 0 radical (unpaired) electrons. The summed E-state index contributed by atoms with van der Waals surface area (Å²) in [5.74, 6) is 0. The smallest absolute Gasteiger partial charge is 0.108 e. The number of halogens is 1. The summed E-state index contributed by atoms with van der Waals surface area (Å²) in [5, 5.41) is 0.815. The highest BCUT2D eigenvalue weighted by Crippen LogP contribution is 2.31. The molecule has 0 aliphatic heterocycles. The molecule has 2 heterocycles. The van der Waals surface area contributed by atoms with Gasteiger partial charge in [0.15, 0.2) is 0 Å². The third kappa shape index (κ3) is 1.40. The van der Waals surface area contributed by atoms with Crippen LogP contribution in [0.3, 0.4) is 0 Å². The predicted octanol–water partition coefficient (Wildman–Crippen LogP) is 3.16. The lowest BCUT2D eigenvalue weighted by atomic mass is 9.95. The summed E-state index contributed by atoms with van der Waals surface area (Å²) in [6.45, 7) is 0. The number of aromatic nitrogens is 2. The van der Waals surface area contributed by atoms with Gasteiger partial charge in [0.05, 0.1) is 10.5 Å². The maximum Gasteiger partial charge on any atom is 0.108 e. The minimum atomic E-state index is 0.815. The Labute approximate surface area is 93.3 Å². The van der Waals surface area contributed by atoms with Crippen LogP contribution >= 0.6 is 11.6 Å². The first-order valence-corrected chi connectivity index (χ1v) is 5.66. The number of nitrogens with zero attached hydrogens (tertiary/aromatic N) is 2. The molecule has 0 spiro atoms. The quantitative estimate of drug-likeness (QED) is 0.679. The molecular weight excluding hydrogens is 208 g/mol. The van der Waals surface area contributed by atoms with Gasteiger partial charge in [0.2, 0.25) is 0 Å². The van der Waals surface area contributed by atoms with E-state index in [9.17, 15) is 0 Å². The zero-order chi connectivity index (χ0) is 10.3. The number of hydrogen-bond donors (Lipinski definition) is 0. The molecule has 3 heteroatoms. The van der Waals surface area contributed by atoms with Gasteiger partial charge in [0.1, 0.15) is 5.52 Å². The fraction of sp³-hybridized carbons (Fsp3) is 0.333. The summed E-state index contributed by atoms with van der Waals surface area (Å²) in [7, 11) is 0. The SMILES string of the molecule is Clc1c2c(nc3cccnc13)CCCC2. The Kier molecular flexibility index (Phi) is 2.10. The molecule has 0 unspecified atom stereocenters. The molecule has 0 saturated heterocycles. The van der Waals surface area contributed by atoms with Gasteiger partial charge in [0, 0.05) is 11.9 Å². The summed E-state index contributed by atoms with van der Waals surface area (Å²) in [6, 6.07) is 3.88. The van der Waals surface area contributed by atoms with Crippen LogP contribution in [0.2, 0.25) is 5.02 Å². The zero-order valence-corrected chi connectivity index (χ0v) is 9.09. The van der Waals surface area contributed by atoms with Crippen LogP contribution in [0.4, 0.5) is 0 Å². The van der Waals surface area contributed by atoms with E-state index in [1.54, 1.807) is 6.20 Å². The summed E-state index contributed by atoms with van der Waals surface area (Å²) >= 11 is 6.36. The molecule has 0 amide bonds. The molecule has 2 nitrogen and oxygen atoms in total. The summed E-state index contributed by atoms with van der Waals surface area (Å²) < 4.78 is 0. The van der Waals surface area contributed by atoms with Gasteiger partial charge >= 0.3 is 0 Å². The second kappa shape index (κ2) is 3.46. The van der Waals surface area contributed by atoms with Gasteiger partial charge < -0.3 is 0 Å². The van der Waals surface area contributed by atoms with E-state index in [1.807, 2.05) is 12.1 Å². The Morgan fingerprint density at radius 2 is 2.07 bits per heavy atom. The van der Waals surface area contributed by atoms with Crippen molar-refractivity contribution in [2.45, 2.75) is 25.7 Å². The molecule has 0 saturated carbocycles. The molecule has 1 aliphatic rings. The van der Waals surface area contributed by atoms with Crippen molar-refractivity contribution in [1.29, 1.82) is 0 Å². The molecule has 0 bridgehead atoms. The van der Waals surface area contributed by atoms with Crippen molar-refractivity contribution in [3.05, 3.63) is 34.6 Å². The first-order valence-electron chi connectivity index (χ1n) is 5.28. The van der Waals surface area contributed by atoms with Gasteiger partial charge in [-0.25, -0.2) is 0 Å². The van der Waals surface area contributed by atoms with Crippen LogP contribution in [0.15, 0.2) is 18.3 Å². The van der Waals surface area contributed by atoms with Crippen LogP contribution in [0.1, 0.15) is 24.1 Å². The first-order chi connectivity index (χ1) is 7.36. The number of rotatable bonds is 0. The largest absolute Gasteiger partial charge is 0.253 e. The molecule has 0 fully saturated rings. The lowest BCUT2D eigenvalue weighted by Crippen LogP contribution is -2.06. The normalized spacial score (nSPS) is 15.3. The number of hydrogen-bond acceptors (Lipinski definition) is 2. The Balaban J connectivity index is 2.36. The van der Waals surface area contributed by atoms with Crippen molar-refractivity contribution in [3.8, 4) is 0 Å². The molecule has 2 aromatic rings. The van der Waals surface area contributed by atoms with E-state index >= 15 is 0 Å². The van der Waals surface area contributed by atoms with Gasteiger partial charge in [-0.2, -0.15) is 0 Å². The van der Waals surface area contributed by atoms with E-state index in [4.69, 9.17) is 11.6 Å². The van der Waals surface area contributed by atoms with Crippen LogP contribution in [-0.4, -0.2) is 9.97 Å². The molecule has 76 valence electrons. The van der Waals surface area contributed by atoms with Crippen molar-refractivity contribution in [2.75, 3.05) is 0 Å². The molecule has 0 N–H and O–H groups in total. The summed E-state index contributed by atoms with van der Waals surface area (Å²) in [6.07, 6.45) is 6.31. The molecule has 15 heavy (non-hydrogen) atoms. The van der Waals surface area contributed by atoms with E-state index in [0.717, 1.165) is 28.9 Å². The molecule has 0 atom stereocenters. The molecule has 0 aromatic carbocycles. The van der Waals surface area contributed by atoms with Crippen molar-refractivity contribution >= 4 is 22.6 Å². The fourth-order valence-corrected chi connectivity index (χ4v) is 2.54. The third-order valence-electron chi connectivity index (χ3n) is 2.95. The van der Waals surface area contributed by atoms with Crippen LogP contribution < -0.4 is 0 Å². The Hall–Kier alpha value is -1.15. The second-order valence-corrected chi connectivity index (χ2v) is 4.31. The van der Waals surface area contributed by atoms with E-state index < -0.39 is 0 Å². The lowest BCUT2D eigenvalue weighted by Gasteiger charge is -2.16. The Morgan fingerprint density at radius 3 is 3.00 bits per heavy atom. The topological polar surface area (TPSA) is 25.8 Å². The summed E-state index contributed by atoms with van der Waals surface area (Å²) in [5.41, 5.74) is 4.16. The fourth-order valence-electron chi connectivity index (χ4n) is 2.19. The van der Waals surface area contributed by atoms with Gasteiger partial charge in [-0.05, 0) is 43.4 Å². The third-order valence-corrected chi connectivity index (χ3v) is 3.36.